The van der Waals surface area contributed by atoms with Crippen molar-refractivity contribution >= 4 is 11.6 Å². The first-order chi connectivity index (χ1) is 7.24. The van der Waals surface area contributed by atoms with E-state index in [1.807, 2.05) is 6.92 Å². The fourth-order valence-electron chi connectivity index (χ4n) is 1.94. The summed E-state index contributed by atoms with van der Waals surface area (Å²) in [5.41, 5.74) is 3.59. The molecule has 1 aliphatic heterocycles. The van der Waals surface area contributed by atoms with Crippen molar-refractivity contribution in [1.82, 2.24) is 4.98 Å². The van der Waals surface area contributed by atoms with Crippen molar-refractivity contribution in [2.75, 3.05) is 13.2 Å². The van der Waals surface area contributed by atoms with Gasteiger partial charge in [-0.1, -0.05) is 11.6 Å². The van der Waals surface area contributed by atoms with Crippen LogP contribution in [0.4, 0.5) is 0 Å². The highest BCUT2D eigenvalue weighted by Crippen LogP contribution is 2.25. The second kappa shape index (κ2) is 4.18. The molecule has 4 heteroatoms. The van der Waals surface area contributed by atoms with Crippen molar-refractivity contribution in [3.8, 4) is 6.07 Å². The molecule has 78 valence electrons. The van der Waals surface area contributed by atoms with Crippen LogP contribution in [0.5, 0.6) is 0 Å². The summed E-state index contributed by atoms with van der Waals surface area (Å²) in [5, 5.41) is 9.36. The van der Waals surface area contributed by atoms with Crippen LogP contribution in [0.25, 0.3) is 0 Å². The predicted molar refractivity (Wildman–Crippen MR) is 56.9 cm³/mol. The molecule has 0 aromatic carbocycles. The van der Waals surface area contributed by atoms with Gasteiger partial charge >= 0.3 is 0 Å². The van der Waals surface area contributed by atoms with Crippen molar-refractivity contribution in [1.29, 1.82) is 5.26 Å². The number of aryl methyl sites for hydroxylation is 1. The van der Waals surface area contributed by atoms with Gasteiger partial charge in [-0.25, -0.2) is 4.98 Å². The minimum Gasteiger partial charge on any atom is -0.381 e. The topological polar surface area (TPSA) is 45.9 Å². The van der Waals surface area contributed by atoms with Crippen LogP contribution in [0.2, 0.25) is 5.15 Å². The zero-order valence-electron chi connectivity index (χ0n) is 8.51. The fraction of sp³-hybridized carbons (Fsp3) is 0.455. The minimum absolute atomic E-state index is 0.315. The van der Waals surface area contributed by atoms with E-state index in [1.54, 1.807) is 0 Å². The maximum atomic E-state index is 9.04. The average molecular weight is 223 g/mol. The largest absolute Gasteiger partial charge is 0.381 e. The quantitative estimate of drug-likeness (QED) is 0.631. The normalized spacial score (nSPS) is 15.3. The molecule has 1 aromatic heterocycles. The number of aromatic nitrogens is 1. The second-order valence-corrected chi connectivity index (χ2v) is 3.90. The summed E-state index contributed by atoms with van der Waals surface area (Å²) in [5.74, 6) is 0. The predicted octanol–water partition coefficient (Wildman–Crippen LogP) is 2.03. The number of halogens is 1. The molecule has 2 rings (SSSR count). The summed E-state index contributed by atoms with van der Waals surface area (Å²) in [7, 11) is 0. The lowest BCUT2D eigenvalue weighted by molar-refractivity contribution is 0.146. The number of pyridine rings is 1. The lowest BCUT2D eigenvalue weighted by atomic mass is 9.98. The third-order valence-electron chi connectivity index (χ3n) is 2.68. The molecule has 0 radical (unpaired) electrons. The maximum absolute atomic E-state index is 9.04. The molecule has 0 N–H and O–H groups in total. The minimum atomic E-state index is 0.315. The summed E-state index contributed by atoms with van der Waals surface area (Å²) < 4.78 is 5.39. The Balaban J connectivity index is 2.64. The molecule has 0 fully saturated rings. The Morgan fingerprint density at radius 2 is 2.00 bits per heavy atom. The number of ether oxygens (including phenoxy) is 1. The molecule has 0 atom stereocenters. The molecule has 1 aromatic rings. The first-order valence-electron chi connectivity index (χ1n) is 4.89. The third-order valence-corrected chi connectivity index (χ3v) is 2.95. The van der Waals surface area contributed by atoms with Crippen molar-refractivity contribution in [3.05, 3.63) is 27.5 Å². The Morgan fingerprint density at radius 1 is 1.33 bits per heavy atom. The number of hydrogen-bond donors (Lipinski definition) is 0. The molecule has 0 spiro atoms. The van der Waals surface area contributed by atoms with E-state index in [0.717, 1.165) is 29.7 Å². The van der Waals surface area contributed by atoms with Gasteiger partial charge in [-0.3, -0.25) is 0 Å². The second-order valence-electron chi connectivity index (χ2n) is 3.54. The molecule has 1 aliphatic rings. The van der Waals surface area contributed by atoms with Gasteiger partial charge in [0.2, 0.25) is 0 Å². The number of rotatable bonds is 0. The van der Waals surface area contributed by atoms with Gasteiger partial charge in [-0.15, -0.1) is 0 Å². The van der Waals surface area contributed by atoms with Gasteiger partial charge in [-0.2, -0.15) is 5.26 Å². The Labute approximate surface area is 93.6 Å². The lowest BCUT2D eigenvalue weighted by Gasteiger charge is -2.10. The van der Waals surface area contributed by atoms with Gasteiger partial charge in [0.15, 0.2) is 0 Å². The zero-order chi connectivity index (χ0) is 10.8. The first-order valence-corrected chi connectivity index (χ1v) is 5.27. The zero-order valence-corrected chi connectivity index (χ0v) is 9.26. The molecule has 3 nitrogen and oxygen atoms in total. The number of hydrogen-bond acceptors (Lipinski definition) is 3. The van der Waals surface area contributed by atoms with Crippen molar-refractivity contribution in [2.45, 2.75) is 19.8 Å². The van der Waals surface area contributed by atoms with Gasteiger partial charge in [0.05, 0.1) is 18.8 Å². The molecular formula is C11H11ClN2O. The Morgan fingerprint density at radius 3 is 2.67 bits per heavy atom. The van der Waals surface area contributed by atoms with E-state index in [-0.39, 0.29) is 0 Å². The van der Waals surface area contributed by atoms with Gasteiger partial charge in [0, 0.05) is 5.69 Å². The monoisotopic (exact) mass is 222 g/mol. The van der Waals surface area contributed by atoms with Crippen LogP contribution in [0.15, 0.2) is 0 Å². The standard InChI is InChI=1S/C11H11ClN2O/c1-7-8-2-4-15-5-3-9(8)10(6-13)11(12)14-7/h2-5H2,1H3. The lowest BCUT2D eigenvalue weighted by Crippen LogP contribution is -2.04. The van der Waals surface area contributed by atoms with E-state index in [4.69, 9.17) is 21.6 Å². The van der Waals surface area contributed by atoms with E-state index in [2.05, 4.69) is 11.1 Å². The van der Waals surface area contributed by atoms with Crippen molar-refractivity contribution < 1.29 is 4.74 Å². The highest BCUT2D eigenvalue weighted by molar-refractivity contribution is 6.30. The molecule has 0 aliphatic carbocycles. The van der Waals surface area contributed by atoms with Gasteiger partial charge in [0.25, 0.3) is 0 Å². The molecule has 0 unspecified atom stereocenters. The van der Waals surface area contributed by atoms with Crippen LogP contribution in [0.3, 0.4) is 0 Å². The molecule has 0 saturated carbocycles. The van der Waals surface area contributed by atoms with Crippen LogP contribution >= 0.6 is 11.6 Å². The average Bonchev–Trinajstić information content (AvgIpc) is 2.44. The van der Waals surface area contributed by atoms with Crippen molar-refractivity contribution in [2.24, 2.45) is 0 Å². The SMILES string of the molecule is Cc1nc(Cl)c(C#N)c2c1CCOCC2. The summed E-state index contributed by atoms with van der Waals surface area (Å²) in [6.07, 6.45) is 1.57. The number of nitriles is 1. The highest BCUT2D eigenvalue weighted by Gasteiger charge is 2.18. The molecule has 0 amide bonds. The van der Waals surface area contributed by atoms with E-state index in [1.165, 1.54) is 0 Å². The van der Waals surface area contributed by atoms with Crippen LogP contribution in [-0.2, 0) is 17.6 Å². The number of nitrogens with zero attached hydrogens (tertiary/aromatic N) is 2. The Bertz CT molecular complexity index is 437. The van der Waals surface area contributed by atoms with E-state index in [0.29, 0.717) is 23.9 Å². The fourth-order valence-corrected chi connectivity index (χ4v) is 2.22. The highest BCUT2D eigenvalue weighted by atomic mass is 35.5. The van der Waals surface area contributed by atoms with E-state index >= 15 is 0 Å². The van der Waals surface area contributed by atoms with Gasteiger partial charge < -0.3 is 4.74 Å². The van der Waals surface area contributed by atoms with Crippen molar-refractivity contribution in [3.63, 3.8) is 0 Å². The Kier molecular flexibility index (Phi) is 2.90. The third kappa shape index (κ3) is 1.83. The van der Waals surface area contributed by atoms with Crippen LogP contribution in [0.1, 0.15) is 22.4 Å². The Hall–Kier alpha value is -1.11. The molecular weight excluding hydrogens is 212 g/mol. The molecule has 0 saturated heterocycles. The number of fused-ring (bicyclic) bond motifs is 1. The summed E-state index contributed by atoms with van der Waals surface area (Å²) >= 11 is 5.95. The summed E-state index contributed by atoms with van der Waals surface area (Å²) in [6, 6.07) is 2.13. The first kappa shape index (κ1) is 10.4. The van der Waals surface area contributed by atoms with Crippen LogP contribution < -0.4 is 0 Å². The molecule has 2 heterocycles. The van der Waals surface area contributed by atoms with Gasteiger partial charge in [0.1, 0.15) is 11.2 Å². The van der Waals surface area contributed by atoms with Gasteiger partial charge in [-0.05, 0) is 30.9 Å². The molecule has 0 bridgehead atoms. The van der Waals surface area contributed by atoms with Crippen LogP contribution in [-0.4, -0.2) is 18.2 Å². The van der Waals surface area contributed by atoms with Crippen LogP contribution in [0, 0.1) is 18.3 Å². The molecule has 15 heavy (non-hydrogen) atoms. The van der Waals surface area contributed by atoms with E-state index < -0.39 is 0 Å². The van der Waals surface area contributed by atoms with E-state index in [9.17, 15) is 0 Å². The maximum Gasteiger partial charge on any atom is 0.147 e. The summed E-state index contributed by atoms with van der Waals surface area (Å²) in [4.78, 5) is 4.19. The summed E-state index contributed by atoms with van der Waals surface area (Å²) in [6.45, 7) is 3.28. The smallest absolute Gasteiger partial charge is 0.147 e.